The molecule has 3 heteroatoms. The summed E-state index contributed by atoms with van der Waals surface area (Å²) in [6.45, 7) is 0.695. The maximum atomic E-state index is 5.93. The molecule has 0 radical (unpaired) electrons. The molecule has 0 saturated carbocycles. The van der Waals surface area contributed by atoms with Gasteiger partial charge in [0.05, 0.1) is 0 Å². The predicted octanol–water partition coefficient (Wildman–Crippen LogP) is 3.14. The molecule has 0 heterocycles. The lowest BCUT2D eigenvalue weighted by Crippen LogP contribution is -2.13. The fourth-order valence-corrected chi connectivity index (χ4v) is 2.16. The smallest absolute Gasteiger partial charge is 0.0408 e. The zero-order chi connectivity index (χ0) is 10.4. The molecule has 1 aromatic rings. The molecular formula is C11H16ClNS. The fourth-order valence-electron chi connectivity index (χ4n) is 1.44. The van der Waals surface area contributed by atoms with Crippen LogP contribution in [-0.2, 0) is 0 Å². The van der Waals surface area contributed by atoms with Gasteiger partial charge >= 0.3 is 0 Å². The van der Waals surface area contributed by atoms with Crippen LogP contribution in [0.15, 0.2) is 24.3 Å². The first kappa shape index (κ1) is 11.9. The number of rotatable bonds is 5. The van der Waals surface area contributed by atoms with E-state index in [1.54, 1.807) is 0 Å². The highest BCUT2D eigenvalue weighted by Gasteiger charge is 2.08. The van der Waals surface area contributed by atoms with Crippen LogP contribution in [0.2, 0.25) is 5.02 Å². The van der Waals surface area contributed by atoms with Gasteiger partial charge < -0.3 is 5.73 Å². The summed E-state index contributed by atoms with van der Waals surface area (Å²) in [5.74, 6) is 1.59. The molecular weight excluding hydrogens is 214 g/mol. The Labute approximate surface area is 95.0 Å². The highest BCUT2D eigenvalue weighted by Crippen LogP contribution is 2.22. The van der Waals surface area contributed by atoms with E-state index in [0.29, 0.717) is 12.5 Å². The van der Waals surface area contributed by atoms with Gasteiger partial charge in [-0.1, -0.05) is 23.7 Å². The topological polar surface area (TPSA) is 26.0 Å². The number of benzene rings is 1. The zero-order valence-electron chi connectivity index (χ0n) is 8.37. The lowest BCUT2D eigenvalue weighted by atomic mass is 9.97. The average Bonchev–Trinajstić information content (AvgIpc) is 2.19. The van der Waals surface area contributed by atoms with Crippen molar-refractivity contribution in [3.8, 4) is 0 Å². The maximum absolute atomic E-state index is 5.93. The van der Waals surface area contributed by atoms with Gasteiger partial charge in [0, 0.05) is 5.02 Å². The summed E-state index contributed by atoms with van der Waals surface area (Å²) in [4.78, 5) is 0. The molecule has 1 aromatic carbocycles. The van der Waals surface area contributed by atoms with E-state index in [9.17, 15) is 0 Å². The fraction of sp³-hybridized carbons (Fsp3) is 0.455. The number of nitrogens with two attached hydrogens (primary N) is 1. The SMILES string of the molecule is CSCCC(CN)c1cccc(Cl)c1. The molecule has 0 spiro atoms. The van der Waals surface area contributed by atoms with E-state index in [0.717, 1.165) is 17.2 Å². The van der Waals surface area contributed by atoms with Gasteiger partial charge in [0.25, 0.3) is 0 Å². The molecule has 1 unspecified atom stereocenters. The summed E-state index contributed by atoms with van der Waals surface area (Å²) in [5, 5.41) is 0.796. The molecule has 78 valence electrons. The first-order valence-corrected chi connectivity index (χ1v) is 6.49. The first-order valence-electron chi connectivity index (χ1n) is 4.72. The van der Waals surface area contributed by atoms with Crippen molar-refractivity contribution in [1.29, 1.82) is 0 Å². The second-order valence-corrected chi connectivity index (χ2v) is 4.69. The number of hydrogen-bond donors (Lipinski definition) is 1. The Bertz CT molecular complexity index is 278. The standard InChI is InChI=1S/C11H16ClNS/c1-14-6-5-10(8-13)9-3-2-4-11(12)7-9/h2-4,7,10H,5-6,8,13H2,1H3. The van der Waals surface area contributed by atoms with Crippen molar-refractivity contribution in [2.75, 3.05) is 18.6 Å². The van der Waals surface area contributed by atoms with Crippen LogP contribution in [0.4, 0.5) is 0 Å². The largest absolute Gasteiger partial charge is 0.330 e. The van der Waals surface area contributed by atoms with Crippen molar-refractivity contribution in [3.63, 3.8) is 0 Å². The number of hydrogen-bond acceptors (Lipinski definition) is 2. The second kappa shape index (κ2) is 6.33. The molecule has 0 saturated heterocycles. The minimum Gasteiger partial charge on any atom is -0.330 e. The van der Waals surface area contributed by atoms with Crippen molar-refractivity contribution in [2.45, 2.75) is 12.3 Å². The summed E-state index contributed by atoms with van der Waals surface area (Å²) in [7, 11) is 0. The average molecular weight is 230 g/mol. The third-order valence-corrected chi connectivity index (χ3v) is 3.15. The lowest BCUT2D eigenvalue weighted by Gasteiger charge is -2.14. The van der Waals surface area contributed by atoms with Crippen LogP contribution in [0, 0.1) is 0 Å². The van der Waals surface area contributed by atoms with E-state index in [1.165, 1.54) is 5.56 Å². The van der Waals surface area contributed by atoms with Gasteiger partial charge in [-0.15, -0.1) is 0 Å². The maximum Gasteiger partial charge on any atom is 0.0408 e. The molecule has 0 bridgehead atoms. The highest BCUT2D eigenvalue weighted by atomic mass is 35.5. The van der Waals surface area contributed by atoms with Crippen LogP contribution in [-0.4, -0.2) is 18.6 Å². The first-order chi connectivity index (χ1) is 6.77. The van der Waals surface area contributed by atoms with Crippen molar-refractivity contribution in [1.82, 2.24) is 0 Å². The number of halogens is 1. The van der Waals surface area contributed by atoms with Crippen LogP contribution in [0.3, 0.4) is 0 Å². The molecule has 0 aromatic heterocycles. The Hall–Kier alpha value is -0.180. The molecule has 2 N–H and O–H groups in total. The summed E-state index contributed by atoms with van der Waals surface area (Å²) in [6, 6.07) is 8.00. The van der Waals surface area contributed by atoms with Gasteiger partial charge in [-0.2, -0.15) is 11.8 Å². The molecule has 0 aliphatic carbocycles. The van der Waals surface area contributed by atoms with Crippen LogP contribution in [0.5, 0.6) is 0 Å². The van der Waals surface area contributed by atoms with E-state index >= 15 is 0 Å². The summed E-state index contributed by atoms with van der Waals surface area (Å²) in [5.41, 5.74) is 7.00. The molecule has 14 heavy (non-hydrogen) atoms. The third kappa shape index (κ3) is 3.52. The van der Waals surface area contributed by atoms with Gasteiger partial charge in [0.15, 0.2) is 0 Å². The van der Waals surface area contributed by atoms with E-state index < -0.39 is 0 Å². The number of thioether (sulfide) groups is 1. The molecule has 0 aliphatic rings. The van der Waals surface area contributed by atoms with E-state index in [-0.39, 0.29) is 0 Å². The Balaban J connectivity index is 2.68. The predicted molar refractivity (Wildman–Crippen MR) is 66.2 cm³/mol. The van der Waals surface area contributed by atoms with E-state index in [1.807, 2.05) is 30.0 Å². The minimum atomic E-state index is 0.446. The van der Waals surface area contributed by atoms with Gasteiger partial charge in [-0.25, -0.2) is 0 Å². The summed E-state index contributed by atoms with van der Waals surface area (Å²) >= 11 is 7.79. The highest BCUT2D eigenvalue weighted by molar-refractivity contribution is 7.98. The molecule has 0 fully saturated rings. The van der Waals surface area contributed by atoms with E-state index in [4.69, 9.17) is 17.3 Å². The molecule has 1 nitrogen and oxygen atoms in total. The Morgan fingerprint density at radius 1 is 1.50 bits per heavy atom. The minimum absolute atomic E-state index is 0.446. The van der Waals surface area contributed by atoms with E-state index in [2.05, 4.69) is 12.3 Å². The monoisotopic (exact) mass is 229 g/mol. The van der Waals surface area contributed by atoms with Crippen molar-refractivity contribution in [2.24, 2.45) is 5.73 Å². The Morgan fingerprint density at radius 3 is 2.86 bits per heavy atom. The Morgan fingerprint density at radius 2 is 2.29 bits per heavy atom. The van der Waals surface area contributed by atoms with Gasteiger partial charge in [-0.05, 0) is 48.6 Å². The van der Waals surface area contributed by atoms with Crippen molar-refractivity contribution < 1.29 is 0 Å². The zero-order valence-corrected chi connectivity index (χ0v) is 9.94. The molecule has 1 atom stereocenters. The van der Waals surface area contributed by atoms with Crippen LogP contribution in [0.25, 0.3) is 0 Å². The Kier molecular flexibility index (Phi) is 5.38. The molecule has 0 amide bonds. The van der Waals surface area contributed by atoms with Crippen LogP contribution in [0.1, 0.15) is 17.9 Å². The lowest BCUT2D eigenvalue weighted by molar-refractivity contribution is 0.680. The third-order valence-electron chi connectivity index (χ3n) is 2.28. The van der Waals surface area contributed by atoms with Gasteiger partial charge in [-0.3, -0.25) is 0 Å². The quantitative estimate of drug-likeness (QED) is 0.840. The van der Waals surface area contributed by atoms with Crippen LogP contribution < -0.4 is 5.73 Å². The van der Waals surface area contributed by atoms with Crippen molar-refractivity contribution in [3.05, 3.63) is 34.9 Å². The summed E-state index contributed by atoms with van der Waals surface area (Å²) in [6.07, 6.45) is 3.24. The second-order valence-electron chi connectivity index (χ2n) is 3.27. The van der Waals surface area contributed by atoms with Gasteiger partial charge in [0.1, 0.15) is 0 Å². The van der Waals surface area contributed by atoms with Gasteiger partial charge in [0.2, 0.25) is 0 Å². The normalized spacial score (nSPS) is 12.8. The van der Waals surface area contributed by atoms with Crippen molar-refractivity contribution >= 4 is 23.4 Å². The summed E-state index contributed by atoms with van der Waals surface area (Å²) < 4.78 is 0. The molecule has 1 rings (SSSR count). The molecule has 0 aliphatic heterocycles. The van der Waals surface area contributed by atoms with Crippen LogP contribution >= 0.6 is 23.4 Å².